The summed E-state index contributed by atoms with van der Waals surface area (Å²) in [6.45, 7) is 0. The van der Waals surface area contributed by atoms with Crippen LogP contribution in [0.2, 0.25) is 0 Å². The predicted molar refractivity (Wildman–Crippen MR) is 102 cm³/mol. The average Bonchev–Trinajstić information content (AvgIpc) is 3.36. The Labute approximate surface area is 162 Å². The number of hydrogen-bond acceptors (Lipinski definition) is 4. The molecular weight excluding hydrogens is 383 g/mol. The van der Waals surface area contributed by atoms with Gasteiger partial charge in [-0.2, -0.15) is 13.2 Å². The summed E-state index contributed by atoms with van der Waals surface area (Å²) in [5.74, 6) is 0. The van der Waals surface area contributed by atoms with Crippen LogP contribution < -0.4 is 5.56 Å². The number of pyridine rings is 1. The summed E-state index contributed by atoms with van der Waals surface area (Å²) in [6, 6.07) is 9.52. The number of rotatable bonds is 2. The summed E-state index contributed by atoms with van der Waals surface area (Å²) in [5, 5.41) is -0.275. The van der Waals surface area contributed by atoms with Crippen LogP contribution in [0, 0.1) is 0 Å². The van der Waals surface area contributed by atoms with Gasteiger partial charge in [-0.05, 0) is 18.9 Å². The van der Waals surface area contributed by atoms with Gasteiger partial charge in [0.25, 0.3) is 5.56 Å². The van der Waals surface area contributed by atoms with E-state index in [1.54, 1.807) is 30.3 Å². The number of furan rings is 1. The van der Waals surface area contributed by atoms with Crippen LogP contribution in [0.3, 0.4) is 0 Å². The van der Waals surface area contributed by atoms with Gasteiger partial charge in [0.05, 0.1) is 23.0 Å². The fourth-order valence-electron chi connectivity index (χ4n) is 4.06. The second-order valence-electron chi connectivity index (χ2n) is 7.27. The van der Waals surface area contributed by atoms with Crippen molar-refractivity contribution in [2.45, 2.75) is 37.9 Å². The van der Waals surface area contributed by atoms with Crippen LogP contribution in [-0.2, 0) is 6.18 Å². The molecule has 0 unspecified atom stereocenters. The summed E-state index contributed by atoms with van der Waals surface area (Å²) in [4.78, 5) is 21.4. The molecule has 0 saturated heterocycles. The third-order valence-corrected chi connectivity index (χ3v) is 5.47. The minimum atomic E-state index is -4.65. The van der Waals surface area contributed by atoms with E-state index < -0.39 is 17.3 Å². The molecule has 8 heteroatoms. The number of fused-ring (bicyclic) bond motifs is 3. The Morgan fingerprint density at radius 1 is 1.10 bits per heavy atom. The molecule has 3 aromatic heterocycles. The van der Waals surface area contributed by atoms with E-state index in [1.807, 2.05) is 0 Å². The molecule has 0 spiro atoms. The van der Waals surface area contributed by atoms with Crippen molar-refractivity contribution in [1.82, 2.24) is 14.5 Å². The number of aromatic nitrogens is 3. The van der Waals surface area contributed by atoms with Gasteiger partial charge in [0.15, 0.2) is 0 Å². The summed E-state index contributed by atoms with van der Waals surface area (Å²) < 4.78 is 48.6. The van der Waals surface area contributed by atoms with E-state index in [-0.39, 0.29) is 33.9 Å². The van der Waals surface area contributed by atoms with Gasteiger partial charge in [-0.1, -0.05) is 43.2 Å². The maximum atomic E-state index is 13.9. The number of alkyl halides is 3. The molecule has 5 nitrogen and oxygen atoms in total. The number of nitrogens with zero attached hydrogens (tertiary/aromatic N) is 3. The molecule has 0 atom stereocenters. The Morgan fingerprint density at radius 2 is 1.83 bits per heavy atom. The molecule has 3 heterocycles. The minimum absolute atomic E-state index is 0.00235. The van der Waals surface area contributed by atoms with E-state index in [1.165, 1.54) is 10.9 Å². The smallest absolute Gasteiger partial charge is 0.417 e. The van der Waals surface area contributed by atoms with Crippen molar-refractivity contribution in [2.24, 2.45) is 0 Å². The third-order valence-electron chi connectivity index (χ3n) is 5.47. The third kappa shape index (κ3) is 2.90. The number of halogens is 3. The van der Waals surface area contributed by atoms with Crippen molar-refractivity contribution < 1.29 is 17.6 Å². The van der Waals surface area contributed by atoms with Crippen LogP contribution in [0.5, 0.6) is 0 Å². The number of benzene rings is 1. The van der Waals surface area contributed by atoms with Crippen LogP contribution in [0.25, 0.3) is 33.5 Å². The quantitative estimate of drug-likeness (QED) is 0.457. The first kappa shape index (κ1) is 17.9. The fourth-order valence-corrected chi connectivity index (χ4v) is 4.06. The molecule has 1 saturated carbocycles. The topological polar surface area (TPSA) is 60.9 Å². The van der Waals surface area contributed by atoms with E-state index >= 15 is 0 Å². The SMILES string of the molecule is O=c1c2oc3nc(-c4ccccc4)cc(C(F)(F)F)c3c2ncn1C1CCCC1. The van der Waals surface area contributed by atoms with Crippen molar-refractivity contribution in [3.63, 3.8) is 0 Å². The monoisotopic (exact) mass is 399 g/mol. The van der Waals surface area contributed by atoms with E-state index in [4.69, 9.17) is 4.42 Å². The summed E-state index contributed by atoms with van der Waals surface area (Å²) in [6.07, 6.45) is 0.393. The molecule has 0 amide bonds. The highest BCUT2D eigenvalue weighted by Crippen LogP contribution is 2.40. The van der Waals surface area contributed by atoms with Gasteiger partial charge in [0.2, 0.25) is 11.3 Å². The molecule has 1 aliphatic rings. The van der Waals surface area contributed by atoms with Crippen LogP contribution in [0.4, 0.5) is 13.2 Å². The van der Waals surface area contributed by atoms with Crippen LogP contribution in [0.1, 0.15) is 37.3 Å². The molecule has 1 fully saturated rings. The second-order valence-corrected chi connectivity index (χ2v) is 7.27. The first-order valence-electron chi connectivity index (χ1n) is 9.40. The Hall–Kier alpha value is -3.16. The van der Waals surface area contributed by atoms with E-state index in [0.717, 1.165) is 31.7 Å². The molecule has 29 heavy (non-hydrogen) atoms. The zero-order valence-electron chi connectivity index (χ0n) is 15.2. The molecule has 0 N–H and O–H groups in total. The van der Waals surface area contributed by atoms with Crippen molar-refractivity contribution in [3.8, 4) is 11.3 Å². The lowest BCUT2D eigenvalue weighted by Crippen LogP contribution is -2.23. The molecule has 1 aliphatic carbocycles. The highest BCUT2D eigenvalue weighted by Gasteiger charge is 2.36. The van der Waals surface area contributed by atoms with Gasteiger partial charge in [-0.25, -0.2) is 9.97 Å². The molecule has 148 valence electrons. The molecule has 0 bridgehead atoms. The standard InChI is InChI=1S/C21H16F3N3O2/c22-21(23,24)14-10-15(12-6-2-1-3-7-12)26-19-16(14)17-18(29-19)20(28)27(11-25-17)13-8-4-5-9-13/h1-3,6-7,10-11,13H,4-5,8-9H2. The zero-order valence-corrected chi connectivity index (χ0v) is 15.2. The molecule has 1 aromatic carbocycles. The molecular formula is C21H16F3N3O2. The average molecular weight is 399 g/mol. The second kappa shape index (κ2) is 6.43. The maximum absolute atomic E-state index is 13.9. The van der Waals surface area contributed by atoms with E-state index in [0.29, 0.717) is 5.56 Å². The minimum Gasteiger partial charge on any atom is -0.430 e. The largest absolute Gasteiger partial charge is 0.430 e. The van der Waals surface area contributed by atoms with Gasteiger partial charge in [-0.15, -0.1) is 0 Å². The van der Waals surface area contributed by atoms with Crippen molar-refractivity contribution in [1.29, 1.82) is 0 Å². The van der Waals surface area contributed by atoms with Gasteiger partial charge in [0.1, 0.15) is 5.52 Å². The highest BCUT2D eigenvalue weighted by molar-refractivity contribution is 6.03. The van der Waals surface area contributed by atoms with E-state index in [9.17, 15) is 18.0 Å². The van der Waals surface area contributed by atoms with Gasteiger partial charge < -0.3 is 4.42 Å². The maximum Gasteiger partial charge on any atom is 0.417 e. The number of hydrogen-bond donors (Lipinski definition) is 0. The van der Waals surface area contributed by atoms with Crippen LogP contribution in [-0.4, -0.2) is 14.5 Å². The first-order chi connectivity index (χ1) is 13.9. The first-order valence-corrected chi connectivity index (χ1v) is 9.40. The Bertz CT molecular complexity index is 1270. The van der Waals surface area contributed by atoms with Crippen molar-refractivity contribution >= 4 is 22.2 Å². The summed E-state index contributed by atoms with van der Waals surface area (Å²) in [7, 11) is 0. The lowest BCUT2D eigenvalue weighted by atomic mass is 10.1. The summed E-state index contributed by atoms with van der Waals surface area (Å²) in [5.41, 5.74) is -1.24. The Kier molecular flexibility index (Phi) is 3.97. The lowest BCUT2D eigenvalue weighted by molar-refractivity contribution is -0.136. The molecule has 0 radical (unpaired) electrons. The highest BCUT2D eigenvalue weighted by atomic mass is 19.4. The van der Waals surface area contributed by atoms with Crippen LogP contribution >= 0.6 is 0 Å². The zero-order chi connectivity index (χ0) is 20.2. The van der Waals surface area contributed by atoms with Gasteiger partial charge >= 0.3 is 6.18 Å². The fraction of sp³-hybridized carbons (Fsp3) is 0.286. The van der Waals surface area contributed by atoms with E-state index in [2.05, 4.69) is 9.97 Å². The Morgan fingerprint density at radius 3 is 2.52 bits per heavy atom. The van der Waals surface area contributed by atoms with Crippen molar-refractivity contribution in [3.05, 3.63) is 58.6 Å². The summed E-state index contributed by atoms with van der Waals surface area (Å²) >= 11 is 0. The molecule has 4 aromatic rings. The van der Waals surface area contributed by atoms with Gasteiger partial charge in [0, 0.05) is 11.6 Å². The molecule has 0 aliphatic heterocycles. The predicted octanol–water partition coefficient (Wildman–Crippen LogP) is 5.34. The Balaban J connectivity index is 1.81. The van der Waals surface area contributed by atoms with Gasteiger partial charge in [-0.3, -0.25) is 9.36 Å². The van der Waals surface area contributed by atoms with Crippen molar-refractivity contribution in [2.75, 3.05) is 0 Å². The normalized spacial score (nSPS) is 15.6. The lowest BCUT2D eigenvalue weighted by Gasteiger charge is -2.12. The molecule has 5 rings (SSSR count). The van der Waals surface area contributed by atoms with Crippen LogP contribution in [0.15, 0.2) is 51.9 Å².